The molecule has 24 heavy (non-hydrogen) atoms. The van der Waals surface area contributed by atoms with Crippen molar-refractivity contribution in [2.45, 2.75) is 6.92 Å². The Balaban J connectivity index is 1.87. The van der Waals surface area contributed by atoms with E-state index in [1.165, 1.54) is 12.1 Å². The second kappa shape index (κ2) is 8.24. The molecule has 0 atom stereocenters. The van der Waals surface area contributed by atoms with Crippen LogP contribution in [0, 0.1) is 6.92 Å². The summed E-state index contributed by atoms with van der Waals surface area (Å²) in [5.41, 5.74) is 6.78. The van der Waals surface area contributed by atoms with Crippen LogP contribution in [0.25, 0.3) is 0 Å². The standard InChI is InChI=1S/C16H14Cl3N3O2/c1-9-3-2-4-10(5-9)16(24)20-8-14(23)21-22-15-12(18)6-11(17)7-13(15)19/h2-7,22H,8H2,1H3,(H,20,24)(H,21,23). The lowest BCUT2D eigenvalue weighted by Crippen LogP contribution is -2.39. The van der Waals surface area contributed by atoms with Crippen LogP contribution in [0.3, 0.4) is 0 Å². The first-order valence-corrected chi connectivity index (χ1v) is 8.04. The number of hydrogen-bond donors (Lipinski definition) is 3. The average molecular weight is 387 g/mol. The maximum absolute atomic E-state index is 12.0. The molecule has 2 amide bonds. The fourth-order valence-corrected chi connectivity index (χ4v) is 2.80. The summed E-state index contributed by atoms with van der Waals surface area (Å²) in [4.78, 5) is 23.8. The van der Waals surface area contributed by atoms with Crippen molar-refractivity contribution in [2.24, 2.45) is 0 Å². The fraction of sp³-hybridized carbons (Fsp3) is 0.125. The number of hydrazine groups is 1. The number of carbonyl (C=O) groups excluding carboxylic acids is 2. The minimum atomic E-state index is -0.460. The Morgan fingerprint density at radius 1 is 1.04 bits per heavy atom. The number of halogens is 3. The molecule has 5 nitrogen and oxygen atoms in total. The van der Waals surface area contributed by atoms with E-state index in [1.54, 1.807) is 18.2 Å². The lowest BCUT2D eigenvalue weighted by atomic mass is 10.1. The minimum Gasteiger partial charge on any atom is -0.343 e. The molecule has 0 aliphatic heterocycles. The molecular formula is C16H14Cl3N3O2. The highest BCUT2D eigenvalue weighted by Crippen LogP contribution is 2.32. The summed E-state index contributed by atoms with van der Waals surface area (Å²) in [6.45, 7) is 1.68. The summed E-state index contributed by atoms with van der Waals surface area (Å²) >= 11 is 17.8. The molecule has 0 saturated heterocycles. The Labute approximate surface area is 154 Å². The SMILES string of the molecule is Cc1cccc(C(=O)NCC(=O)NNc2c(Cl)cc(Cl)cc2Cl)c1. The van der Waals surface area contributed by atoms with Gasteiger partial charge in [-0.1, -0.05) is 52.5 Å². The van der Waals surface area contributed by atoms with Gasteiger partial charge in [-0.25, -0.2) is 0 Å². The quantitative estimate of drug-likeness (QED) is 0.684. The highest BCUT2D eigenvalue weighted by atomic mass is 35.5. The number of aryl methyl sites for hydroxylation is 1. The summed E-state index contributed by atoms with van der Waals surface area (Å²) in [6, 6.07) is 10.0. The third-order valence-electron chi connectivity index (χ3n) is 3.02. The summed E-state index contributed by atoms with van der Waals surface area (Å²) in [7, 11) is 0. The van der Waals surface area contributed by atoms with Crippen LogP contribution in [0.15, 0.2) is 36.4 Å². The summed E-state index contributed by atoms with van der Waals surface area (Å²) in [5, 5.41) is 3.43. The lowest BCUT2D eigenvalue weighted by Gasteiger charge is -2.12. The van der Waals surface area contributed by atoms with E-state index in [9.17, 15) is 9.59 Å². The van der Waals surface area contributed by atoms with Crippen molar-refractivity contribution in [3.63, 3.8) is 0 Å². The summed E-state index contributed by atoms with van der Waals surface area (Å²) < 4.78 is 0. The Hall–Kier alpha value is -1.95. The molecule has 2 aromatic rings. The van der Waals surface area contributed by atoms with Gasteiger partial charge in [0.2, 0.25) is 0 Å². The number of benzene rings is 2. The van der Waals surface area contributed by atoms with Crippen LogP contribution in [0.5, 0.6) is 0 Å². The van der Waals surface area contributed by atoms with Gasteiger partial charge in [-0.05, 0) is 31.2 Å². The second-order valence-electron chi connectivity index (χ2n) is 4.97. The van der Waals surface area contributed by atoms with E-state index in [0.717, 1.165) is 5.56 Å². The molecule has 0 radical (unpaired) electrons. The van der Waals surface area contributed by atoms with Gasteiger partial charge in [0.15, 0.2) is 0 Å². The van der Waals surface area contributed by atoms with Crippen LogP contribution in [0.4, 0.5) is 5.69 Å². The third-order valence-corrected chi connectivity index (χ3v) is 3.84. The van der Waals surface area contributed by atoms with E-state index in [0.29, 0.717) is 16.3 Å². The predicted molar refractivity (Wildman–Crippen MR) is 96.7 cm³/mol. The topological polar surface area (TPSA) is 70.2 Å². The van der Waals surface area contributed by atoms with Crippen molar-refractivity contribution >= 4 is 52.3 Å². The maximum atomic E-state index is 12.0. The molecule has 0 unspecified atom stereocenters. The molecule has 8 heteroatoms. The van der Waals surface area contributed by atoms with Gasteiger partial charge in [-0.2, -0.15) is 0 Å². The minimum absolute atomic E-state index is 0.206. The molecule has 2 rings (SSSR count). The highest BCUT2D eigenvalue weighted by Gasteiger charge is 2.11. The lowest BCUT2D eigenvalue weighted by molar-refractivity contribution is -0.119. The van der Waals surface area contributed by atoms with E-state index in [1.807, 2.05) is 13.0 Å². The molecule has 0 aromatic heterocycles. The fourth-order valence-electron chi connectivity index (χ4n) is 1.89. The zero-order valence-electron chi connectivity index (χ0n) is 12.6. The largest absolute Gasteiger partial charge is 0.343 e. The molecule has 0 bridgehead atoms. The van der Waals surface area contributed by atoms with Gasteiger partial charge in [-0.3, -0.25) is 20.4 Å². The molecule has 0 spiro atoms. The zero-order valence-corrected chi connectivity index (χ0v) is 14.9. The maximum Gasteiger partial charge on any atom is 0.257 e. The number of carbonyl (C=O) groups is 2. The second-order valence-corrected chi connectivity index (χ2v) is 6.22. The van der Waals surface area contributed by atoms with Crippen molar-refractivity contribution in [3.05, 3.63) is 62.6 Å². The third kappa shape index (κ3) is 5.03. The smallest absolute Gasteiger partial charge is 0.257 e. The number of amides is 2. The first-order chi connectivity index (χ1) is 11.4. The Kier molecular flexibility index (Phi) is 6.31. The number of rotatable bonds is 5. The van der Waals surface area contributed by atoms with Crippen LogP contribution in [-0.2, 0) is 4.79 Å². The first kappa shape index (κ1) is 18.4. The van der Waals surface area contributed by atoms with Gasteiger partial charge in [-0.15, -0.1) is 0 Å². The normalized spacial score (nSPS) is 10.2. The molecule has 2 aromatic carbocycles. The molecular weight excluding hydrogens is 373 g/mol. The van der Waals surface area contributed by atoms with E-state index < -0.39 is 5.91 Å². The Morgan fingerprint density at radius 3 is 2.33 bits per heavy atom. The van der Waals surface area contributed by atoms with Crippen LogP contribution in [0.2, 0.25) is 15.1 Å². The molecule has 0 aliphatic rings. The van der Waals surface area contributed by atoms with E-state index in [-0.39, 0.29) is 22.5 Å². The van der Waals surface area contributed by atoms with Crippen LogP contribution in [-0.4, -0.2) is 18.4 Å². The molecule has 0 fully saturated rings. The molecule has 0 heterocycles. The first-order valence-electron chi connectivity index (χ1n) is 6.91. The molecule has 0 saturated carbocycles. The average Bonchev–Trinajstić information content (AvgIpc) is 2.51. The molecule has 3 N–H and O–H groups in total. The van der Waals surface area contributed by atoms with Gasteiger partial charge < -0.3 is 5.32 Å². The Morgan fingerprint density at radius 2 is 1.71 bits per heavy atom. The number of hydrogen-bond acceptors (Lipinski definition) is 3. The monoisotopic (exact) mass is 385 g/mol. The highest BCUT2D eigenvalue weighted by molar-refractivity contribution is 6.41. The van der Waals surface area contributed by atoms with Crippen molar-refractivity contribution in [1.82, 2.24) is 10.7 Å². The molecule has 0 aliphatic carbocycles. The van der Waals surface area contributed by atoms with Crippen LogP contribution < -0.4 is 16.2 Å². The number of anilines is 1. The van der Waals surface area contributed by atoms with Crippen LogP contribution in [0.1, 0.15) is 15.9 Å². The van der Waals surface area contributed by atoms with E-state index in [4.69, 9.17) is 34.8 Å². The predicted octanol–water partition coefficient (Wildman–Crippen LogP) is 3.83. The van der Waals surface area contributed by atoms with Crippen molar-refractivity contribution in [2.75, 3.05) is 12.0 Å². The Bertz CT molecular complexity index is 758. The number of nitrogens with one attached hydrogen (secondary N) is 3. The zero-order chi connectivity index (χ0) is 17.7. The summed E-state index contributed by atoms with van der Waals surface area (Å²) in [6.07, 6.45) is 0. The van der Waals surface area contributed by atoms with Gasteiger partial charge in [0.1, 0.15) is 0 Å². The van der Waals surface area contributed by atoms with E-state index >= 15 is 0 Å². The van der Waals surface area contributed by atoms with Gasteiger partial charge in [0.25, 0.3) is 11.8 Å². The van der Waals surface area contributed by atoms with E-state index in [2.05, 4.69) is 16.2 Å². The molecule has 126 valence electrons. The van der Waals surface area contributed by atoms with Crippen LogP contribution >= 0.6 is 34.8 Å². The van der Waals surface area contributed by atoms with Crippen molar-refractivity contribution in [1.29, 1.82) is 0 Å². The van der Waals surface area contributed by atoms with Gasteiger partial charge in [0.05, 0.1) is 22.3 Å². The van der Waals surface area contributed by atoms with Crippen molar-refractivity contribution in [3.8, 4) is 0 Å². The van der Waals surface area contributed by atoms with Gasteiger partial charge in [0, 0.05) is 10.6 Å². The summed E-state index contributed by atoms with van der Waals surface area (Å²) in [5.74, 6) is -0.797. The van der Waals surface area contributed by atoms with Gasteiger partial charge >= 0.3 is 0 Å². The van der Waals surface area contributed by atoms with Crippen molar-refractivity contribution < 1.29 is 9.59 Å².